The highest BCUT2D eigenvalue weighted by Gasteiger charge is 2.55. The number of aliphatic carboxylic acids is 2. The number of likely N-dealkylation sites (tertiary alicyclic amines) is 2. The highest BCUT2D eigenvalue weighted by Crippen LogP contribution is 2.53. The smallest absolute Gasteiger partial charge is 0.321 e. The molecule has 2 saturated heterocycles. The zero-order valence-corrected chi connectivity index (χ0v) is 23.1. The minimum absolute atomic E-state index is 0.00585. The van der Waals surface area contributed by atoms with E-state index < -0.39 is 39.5 Å². The summed E-state index contributed by atoms with van der Waals surface area (Å²) in [6.07, 6.45) is 4.45. The predicted molar refractivity (Wildman–Crippen MR) is 134 cm³/mol. The molecule has 8 nitrogen and oxygen atoms in total. The molecule has 0 aromatic carbocycles. The maximum atomic E-state index is 12.4. The van der Waals surface area contributed by atoms with Crippen LogP contribution in [0.2, 0.25) is 0 Å². The molecule has 2 amide bonds. The highest BCUT2D eigenvalue weighted by molar-refractivity contribution is 5.98. The van der Waals surface area contributed by atoms with Crippen LogP contribution in [0.25, 0.3) is 0 Å². The number of amides is 2. The van der Waals surface area contributed by atoms with Gasteiger partial charge in [-0.25, -0.2) is 0 Å². The second kappa shape index (κ2) is 9.40. The Balaban J connectivity index is 2.64. The summed E-state index contributed by atoms with van der Waals surface area (Å²) >= 11 is 0. The number of hydrogen-bond donors (Lipinski definition) is 2. The first-order valence-electron chi connectivity index (χ1n) is 12.8. The minimum atomic E-state index is -1.88. The normalized spacial score (nSPS) is 24.3. The van der Waals surface area contributed by atoms with Crippen LogP contribution in [0.5, 0.6) is 0 Å². The Labute approximate surface area is 210 Å². The Morgan fingerprint density at radius 1 is 0.771 bits per heavy atom. The van der Waals surface area contributed by atoms with E-state index in [-0.39, 0.29) is 30.6 Å². The van der Waals surface area contributed by atoms with Crippen LogP contribution in [0.1, 0.15) is 101 Å². The molecule has 0 bridgehead atoms. The molecule has 200 valence electrons. The first-order valence-corrected chi connectivity index (χ1v) is 12.8. The van der Waals surface area contributed by atoms with Gasteiger partial charge in [-0.05, 0) is 112 Å². The highest BCUT2D eigenvalue weighted by atomic mass is 16.4. The molecule has 0 spiro atoms. The summed E-state index contributed by atoms with van der Waals surface area (Å²) in [6, 6.07) is 0. The summed E-state index contributed by atoms with van der Waals surface area (Å²) in [4.78, 5) is 52.5. The van der Waals surface area contributed by atoms with E-state index in [4.69, 9.17) is 0 Å². The lowest BCUT2D eigenvalue weighted by molar-refractivity contribution is -0.169. The largest absolute Gasteiger partial charge is 0.480 e. The van der Waals surface area contributed by atoms with E-state index in [2.05, 4.69) is 0 Å². The molecule has 0 radical (unpaired) electrons. The van der Waals surface area contributed by atoms with E-state index in [0.717, 1.165) is 12.8 Å². The molecule has 2 aliphatic rings. The van der Waals surface area contributed by atoms with Crippen LogP contribution in [0.15, 0.2) is 0 Å². The fourth-order valence-corrected chi connectivity index (χ4v) is 7.75. The Bertz CT molecular complexity index is 749. The van der Waals surface area contributed by atoms with E-state index in [9.17, 15) is 29.4 Å². The van der Waals surface area contributed by atoms with Crippen LogP contribution < -0.4 is 0 Å². The number of carbonyl (C=O) groups excluding carboxylic acids is 2. The summed E-state index contributed by atoms with van der Waals surface area (Å²) < 4.78 is 0. The third-order valence-electron chi connectivity index (χ3n) is 9.08. The summed E-state index contributed by atoms with van der Waals surface area (Å²) in [5, 5.41) is 20.2. The molecule has 2 aliphatic heterocycles. The average molecular weight is 495 g/mol. The van der Waals surface area contributed by atoms with Crippen molar-refractivity contribution in [2.75, 3.05) is 0 Å². The average Bonchev–Trinajstić information content (AvgIpc) is 2.65. The first kappa shape index (κ1) is 29.1. The molecule has 0 aliphatic carbocycles. The van der Waals surface area contributed by atoms with Gasteiger partial charge >= 0.3 is 11.9 Å². The van der Waals surface area contributed by atoms with Crippen molar-refractivity contribution in [3.63, 3.8) is 0 Å². The number of carboxylic acids is 2. The van der Waals surface area contributed by atoms with Crippen molar-refractivity contribution in [2.24, 2.45) is 23.2 Å². The number of hydrogen-bond acceptors (Lipinski definition) is 4. The Morgan fingerprint density at radius 3 is 1.26 bits per heavy atom. The van der Waals surface area contributed by atoms with Crippen LogP contribution in [-0.4, -0.2) is 66.9 Å². The fraction of sp³-hybridized carbons (Fsp3) is 0.852. The zero-order chi connectivity index (χ0) is 27.2. The van der Waals surface area contributed by atoms with Gasteiger partial charge in [0.05, 0.1) is 0 Å². The van der Waals surface area contributed by atoms with E-state index in [1.165, 1.54) is 0 Å². The second-order valence-corrected chi connectivity index (χ2v) is 13.5. The van der Waals surface area contributed by atoms with Gasteiger partial charge in [-0.1, -0.05) is 6.92 Å². The van der Waals surface area contributed by atoms with Gasteiger partial charge in [-0.2, -0.15) is 0 Å². The van der Waals surface area contributed by atoms with E-state index in [1.807, 2.05) is 65.2 Å². The summed E-state index contributed by atoms with van der Waals surface area (Å²) in [5.41, 5.74) is -3.70. The molecule has 8 heteroatoms. The molecule has 0 aromatic rings. The number of nitrogens with zero attached hydrogens (tertiary/aromatic N) is 2. The standard InChI is InChI=1S/C27H46N2O6/c1-10-27(21(32)33,22(34)35)15-20(18-11-23(2,3)28(16-30)24(4,5)12-18)19-13-25(6,7)29(17-31)26(8,9)14-19/h16-20H,10-15H2,1-9H3,(H,32,33)(H,34,35). The van der Waals surface area contributed by atoms with Crippen LogP contribution in [0, 0.1) is 23.2 Å². The van der Waals surface area contributed by atoms with Crippen LogP contribution in [0.4, 0.5) is 0 Å². The number of carboxylic acid groups (broad SMARTS) is 2. The molecular formula is C27H46N2O6. The van der Waals surface area contributed by atoms with Crippen molar-refractivity contribution in [1.29, 1.82) is 0 Å². The molecule has 2 rings (SSSR count). The van der Waals surface area contributed by atoms with Gasteiger partial charge in [-0.15, -0.1) is 0 Å². The third kappa shape index (κ3) is 5.21. The summed E-state index contributed by atoms with van der Waals surface area (Å²) in [5.74, 6) is -2.74. The van der Waals surface area contributed by atoms with Gasteiger partial charge in [0.1, 0.15) is 0 Å². The molecule has 35 heavy (non-hydrogen) atoms. The minimum Gasteiger partial charge on any atom is -0.480 e. The Hall–Kier alpha value is -2.12. The quantitative estimate of drug-likeness (QED) is 0.362. The Morgan fingerprint density at radius 2 is 1.06 bits per heavy atom. The van der Waals surface area contributed by atoms with Gasteiger partial charge < -0.3 is 20.0 Å². The second-order valence-electron chi connectivity index (χ2n) is 13.5. The van der Waals surface area contributed by atoms with Crippen molar-refractivity contribution < 1.29 is 29.4 Å². The Kier molecular flexibility index (Phi) is 7.82. The number of rotatable bonds is 9. The molecule has 0 saturated carbocycles. The van der Waals surface area contributed by atoms with Crippen LogP contribution in [-0.2, 0) is 19.2 Å². The molecular weight excluding hydrogens is 448 g/mol. The number of piperidine rings is 2. The lowest BCUT2D eigenvalue weighted by atomic mass is 9.58. The molecule has 0 aromatic heterocycles. The topological polar surface area (TPSA) is 115 Å². The summed E-state index contributed by atoms with van der Waals surface area (Å²) in [6.45, 7) is 17.8. The molecule has 0 atom stereocenters. The molecule has 0 unspecified atom stereocenters. The SMILES string of the molecule is CCC(CC(C1CC(C)(C)N(C=O)C(C)(C)C1)C1CC(C)(C)N(C=O)C(C)(C)C1)(C(=O)O)C(=O)O. The lowest BCUT2D eigenvalue weighted by Gasteiger charge is -2.59. The van der Waals surface area contributed by atoms with E-state index in [1.54, 1.807) is 6.92 Å². The fourth-order valence-electron chi connectivity index (χ4n) is 7.75. The maximum absolute atomic E-state index is 12.4. The maximum Gasteiger partial charge on any atom is 0.321 e. The third-order valence-corrected chi connectivity index (χ3v) is 9.08. The van der Waals surface area contributed by atoms with Gasteiger partial charge in [0.25, 0.3) is 0 Å². The summed E-state index contributed by atoms with van der Waals surface area (Å²) in [7, 11) is 0. The van der Waals surface area contributed by atoms with Crippen molar-refractivity contribution in [3.8, 4) is 0 Å². The predicted octanol–water partition coefficient (Wildman–Crippen LogP) is 4.41. The first-order chi connectivity index (χ1) is 15.8. The van der Waals surface area contributed by atoms with Gasteiger partial charge in [0.2, 0.25) is 12.8 Å². The molecule has 2 fully saturated rings. The van der Waals surface area contributed by atoms with E-state index in [0.29, 0.717) is 25.7 Å². The van der Waals surface area contributed by atoms with Crippen molar-refractivity contribution >= 4 is 24.8 Å². The van der Waals surface area contributed by atoms with Crippen molar-refractivity contribution in [1.82, 2.24) is 9.80 Å². The lowest BCUT2D eigenvalue weighted by Crippen LogP contribution is -2.63. The van der Waals surface area contributed by atoms with Gasteiger partial charge in [0.15, 0.2) is 5.41 Å². The number of carbonyl (C=O) groups is 4. The van der Waals surface area contributed by atoms with Crippen molar-refractivity contribution in [3.05, 3.63) is 0 Å². The zero-order valence-electron chi connectivity index (χ0n) is 23.1. The van der Waals surface area contributed by atoms with Crippen LogP contribution in [0.3, 0.4) is 0 Å². The van der Waals surface area contributed by atoms with Crippen molar-refractivity contribution in [2.45, 2.75) is 123 Å². The van der Waals surface area contributed by atoms with Crippen LogP contribution >= 0.6 is 0 Å². The molecule has 2 heterocycles. The monoisotopic (exact) mass is 494 g/mol. The van der Waals surface area contributed by atoms with E-state index >= 15 is 0 Å². The van der Waals surface area contributed by atoms with Gasteiger partial charge in [0, 0.05) is 22.2 Å². The molecule has 2 N–H and O–H groups in total. The van der Waals surface area contributed by atoms with Gasteiger partial charge in [-0.3, -0.25) is 19.2 Å².